The van der Waals surface area contributed by atoms with Gasteiger partial charge in [-0.2, -0.15) is 9.78 Å². The molecule has 2 aromatic heterocycles. The van der Waals surface area contributed by atoms with E-state index in [0.29, 0.717) is 11.3 Å². The third-order valence-corrected chi connectivity index (χ3v) is 5.84. The van der Waals surface area contributed by atoms with E-state index in [1.807, 2.05) is 0 Å². The molecule has 0 saturated carbocycles. The highest BCUT2D eigenvalue weighted by molar-refractivity contribution is 6.07. The molecule has 16 nitrogen and oxygen atoms in total. The summed E-state index contributed by atoms with van der Waals surface area (Å²) in [6.45, 7) is 3.07. The molecule has 4 rings (SSSR count). The molecule has 1 N–H and O–H groups in total. The Morgan fingerprint density at radius 1 is 1.00 bits per heavy atom. The van der Waals surface area contributed by atoms with Gasteiger partial charge in [-0.15, -0.1) is 5.10 Å². The average molecular weight is 559 g/mol. The van der Waals surface area contributed by atoms with Gasteiger partial charge in [0.1, 0.15) is 18.5 Å². The predicted octanol–water partition coefficient (Wildman–Crippen LogP) is 0.110. The molecule has 4 unspecified atom stereocenters. The molecular weight excluding hydrogens is 532 g/mol. The van der Waals surface area contributed by atoms with Gasteiger partial charge < -0.3 is 29.0 Å². The van der Waals surface area contributed by atoms with Crippen LogP contribution in [0.1, 0.15) is 37.4 Å². The average Bonchev–Trinajstić information content (AvgIpc) is 3.39. The van der Waals surface area contributed by atoms with Crippen LogP contribution in [-0.2, 0) is 40.4 Å². The fraction of sp³-hybridized carbons (Fsp3) is 0.417. The lowest BCUT2D eigenvalue weighted by atomic mass is 10.1. The normalized spacial score (nSPS) is 20.1. The lowest BCUT2D eigenvalue weighted by Crippen LogP contribution is -2.42. The summed E-state index contributed by atoms with van der Waals surface area (Å²) in [6.07, 6.45) is -5.09. The van der Waals surface area contributed by atoms with Crippen molar-refractivity contribution >= 4 is 40.7 Å². The summed E-state index contributed by atoms with van der Waals surface area (Å²) in [5.74, 6) is -2.08. The third kappa shape index (κ3) is 5.75. The number of amides is 1. The summed E-state index contributed by atoms with van der Waals surface area (Å²) in [4.78, 5) is 61.4. The number of carbonyl (C=O) groups excluding carboxylic acids is 4. The van der Waals surface area contributed by atoms with Gasteiger partial charge in [0.25, 0.3) is 11.5 Å². The summed E-state index contributed by atoms with van der Waals surface area (Å²) in [7, 11) is 2.96. The molecule has 16 heteroatoms. The number of anilines is 1. The molecule has 40 heavy (non-hydrogen) atoms. The maximum Gasteiger partial charge on any atom is 0.303 e. The molecule has 3 aromatic rings. The highest BCUT2D eigenvalue weighted by atomic mass is 16.7. The second-order valence-electron chi connectivity index (χ2n) is 8.71. The van der Waals surface area contributed by atoms with Crippen LogP contribution in [0.4, 0.5) is 5.82 Å². The fourth-order valence-electron chi connectivity index (χ4n) is 4.15. The van der Waals surface area contributed by atoms with Gasteiger partial charge in [-0.25, -0.2) is 0 Å². The molecule has 0 radical (unpaired) electrons. The minimum absolute atomic E-state index is 0.0133. The number of aromatic nitrogens is 5. The monoisotopic (exact) mass is 558 g/mol. The van der Waals surface area contributed by atoms with Crippen LogP contribution < -0.4 is 15.6 Å². The van der Waals surface area contributed by atoms with E-state index < -0.39 is 53.9 Å². The van der Waals surface area contributed by atoms with Crippen molar-refractivity contribution in [1.29, 1.82) is 0 Å². The number of nitrogens with zero attached hydrogens (tertiary/aromatic N) is 5. The van der Waals surface area contributed by atoms with Crippen LogP contribution in [0.25, 0.3) is 11.0 Å². The van der Waals surface area contributed by atoms with Crippen LogP contribution >= 0.6 is 0 Å². The minimum Gasteiger partial charge on any atom is -0.497 e. The molecule has 1 aliphatic heterocycles. The largest absolute Gasteiger partial charge is 0.497 e. The van der Waals surface area contributed by atoms with E-state index in [0.717, 1.165) is 18.5 Å². The number of aryl methyl sites for hydroxylation is 1. The van der Waals surface area contributed by atoms with Gasteiger partial charge in [0.05, 0.1) is 7.11 Å². The number of hydrogen-bond donors (Lipinski definition) is 1. The van der Waals surface area contributed by atoms with Crippen molar-refractivity contribution in [2.75, 3.05) is 19.0 Å². The SMILES string of the molecule is COc1ccc(C(=O)Nc2nn(C)c3c(=O)n(C4OC(COC(C)=O)C(OC(C)=O)C4OC(C)=O)nnc23)cc1. The predicted molar refractivity (Wildman–Crippen MR) is 133 cm³/mol. The zero-order chi connectivity index (χ0) is 29.1. The van der Waals surface area contributed by atoms with Crippen molar-refractivity contribution in [3.05, 3.63) is 40.2 Å². The maximum absolute atomic E-state index is 13.6. The Hall–Kier alpha value is -4.86. The Bertz CT molecular complexity index is 1510. The Morgan fingerprint density at radius 2 is 1.65 bits per heavy atom. The molecule has 3 heterocycles. The van der Waals surface area contributed by atoms with E-state index in [-0.39, 0.29) is 23.5 Å². The van der Waals surface area contributed by atoms with Gasteiger partial charge in [-0.05, 0) is 24.3 Å². The van der Waals surface area contributed by atoms with Crippen molar-refractivity contribution in [2.45, 2.75) is 45.3 Å². The van der Waals surface area contributed by atoms with E-state index in [2.05, 4.69) is 20.7 Å². The van der Waals surface area contributed by atoms with Crippen molar-refractivity contribution in [2.24, 2.45) is 7.05 Å². The van der Waals surface area contributed by atoms with E-state index in [1.54, 1.807) is 24.3 Å². The van der Waals surface area contributed by atoms with Gasteiger partial charge in [-0.1, -0.05) is 5.21 Å². The van der Waals surface area contributed by atoms with Crippen molar-refractivity contribution in [1.82, 2.24) is 24.8 Å². The first-order valence-corrected chi connectivity index (χ1v) is 11.9. The molecular formula is C24H26N6O10. The van der Waals surface area contributed by atoms with E-state index in [1.165, 1.54) is 25.8 Å². The number of benzene rings is 1. The van der Waals surface area contributed by atoms with Crippen LogP contribution in [0.3, 0.4) is 0 Å². The Morgan fingerprint density at radius 3 is 2.25 bits per heavy atom. The number of methoxy groups -OCH3 is 1. The van der Waals surface area contributed by atoms with Crippen molar-refractivity contribution in [3.8, 4) is 5.75 Å². The van der Waals surface area contributed by atoms with Gasteiger partial charge in [0.2, 0.25) is 0 Å². The first kappa shape index (κ1) is 28.2. The molecule has 4 atom stereocenters. The van der Waals surface area contributed by atoms with Crippen LogP contribution in [0, 0.1) is 0 Å². The summed E-state index contributed by atoms with van der Waals surface area (Å²) >= 11 is 0. The Labute approximate surface area is 226 Å². The first-order valence-electron chi connectivity index (χ1n) is 11.9. The van der Waals surface area contributed by atoms with Crippen LogP contribution in [0.2, 0.25) is 0 Å². The highest BCUT2D eigenvalue weighted by Gasteiger charge is 2.51. The van der Waals surface area contributed by atoms with Crippen LogP contribution in [-0.4, -0.2) is 80.6 Å². The molecule has 1 amide bonds. The van der Waals surface area contributed by atoms with E-state index in [9.17, 15) is 24.0 Å². The number of rotatable bonds is 8. The number of carbonyl (C=O) groups is 4. The molecule has 1 fully saturated rings. The summed E-state index contributed by atoms with van der Waals surface area (Å²) in [5, 5.41) is 14.8. The molecule has 212 valence electrons. The first-order chi connectivity index (χ1) is 19.0. The number of fused-ring (bicyclic) bond motifs is 1. The highest BCUT2D eigenvalue weighted by Crippen LogP contribution is 2.33. The van der Waals surface area contributed by atoms with Gasteiger partial charge in [0, 0.05) is 33.4 Å². The Kier molecular flexibility index (Phi) is 8.08. The van der Waals surface area contributed by atoms with Gasteiger partial charge >= 0.3 is 17.9 Å². The fourth-order valence-corrected chi connectivity index (χ4v) is 4.15. The van der Waals surface area contributed by atoms with Crippen LogP contribution in [0.5, 0.6) is 5.75 Å². The molecule has 0 aliphatic carbocycles. The number of hydrogen-bond acceptors (Lipinski definition) is 13. The standard InChI is InChI=1S/C24H26N6O10/c1-11(31)37-10-16-19(38-12(2)32)20(39-13(3)33)24(40-16)30-23(35)18-17(26-28-30)21(27-29(18)4)25-22(34)14-6-8-15(36-5)9-7-14/h6-9,16,19-20,24H,10H2,1-5H3,(H,25,27,34). The quantitative estimate of drug-likeness (QED) is 0.290. The summed E-state index contributed by atoms with van der Waals surface area (Å²) in [5.41, 5.74) is -0.528. The van der Waals surface area contributed by atoms with E-state index >= 15 is 0 Å². The lowest BCUT2D eigenvalue weighted by molar-refractivity contribution is -0.166. The molecule has 1 saturated heterocycles. The topological polar surface area (TPSA) is 192 Å². The molecule has 1 aliphatic rings. The van der Waals surface area contributed by atoms with Crippen LogP contribution in [0.15, 0.2) is 29.1 Å². The number of esters is 3. The Balaban J connectivity index is 1.70. The van der Waals surface area contributed by atoms with Crippen molar-refractivity contribution in [3.63, 3.8) is 0 Å². The van der Waals surface area contributed by atoms with Gasteiger partial charge in [0.15, 0.2) is 35.3 Å². The third-order valence-electron chi connectivity index (χ3n) is 5.84. The smallest absolute Gasteiger partial charge is 0.303 e. The lowest BCUT2D eigenvalue weighted by Gasteiger charge is -2.23. The summed E-state index contributed by atoms with van der Waals surface area (Å²) in [6, 6.07) is 6.33. The number of ether oxygens (including phenoxy) is 5. The zero-order valence-electron chi connectivity index (χ0n) is 22.1. The van der Waals surface area contributed by atoms with Crippen molar-refractivity contribution < 1.29 is 42.9 Å². The maximum atomic E-state index is 13.6. The minimum atomic E-state index is -1.41. The molecule has 0 bridgehead atoms. The molecule has 0 spiro atoms. The summed E-state index contributed by atoms with van der Waals surface area (Å²) < 4.78 is 28.6. The van der Waals surface area contributed by atoms with E-state index in [4.69, 9.17) is 23.7 Å². The second-order valence-corrected chi connectivity index (χ2v) is 8.71. The molecule has 1 aromatic carbocycles. The zero-order valence-corrected chi connectivity index (χ0v) is 22.1. The second kappa shape index (κ2) is 11.5. The number of nitrogens with one attached hydrogen (secondary N) is 1. The van der Waals surface area contributed by atoms with Gasteiger partial charge in [-0.3, -0.25) is 28.7 Å².